The Morgan fingerprint density at radius 1 is 1.26 bits per heavy atom. The Balaban J connectivity index is 1.69. The van der Waals surface area contributed by atoms with Crippen molar-refractivity contribution in [3.63, 3.8) is 0 Å². The zero-order valence-electron chi connectivity index (χ0n) is 13.5. The Hall–Kier alpha value is -1.98. The van der Waals surface area contributed by atoms with Gasteiger partial charge in [0, 0.05) is 24.5 Å². The van der Waals surface area contributed by atoms with E-state index >= 15 is 0 Å². The molecule has 1 aromatic carbocycles. The van der Waals surface area contributed by atoms with Crippen molar-refractivity contribution < 1.29 is 9.53 Å². The third-order valence-electron chi connectivity index (χ3n) is 4.57. The monoisotopic (exact) mass is 313 g/mol. The van der Waals surface area contributed by atoms with Crippen LogP contribution in [0.15, 0.2) is 36.4 Å². The van der Waals surface area contributed by atoms with Crippen LogP contribution in [0, 0.1) is 5.41 Å². The molecule has 1 aromatic heterocycles. The molecule has 0 bridgehead atoms. The standard InChI is InChI=1S/C18H23N3O2/c1-23-13-18(8-10-19-11-9-18)12-20-17(22)16-7-6-14-4-2-3-5-15(14)21-16/h2-7,19H,8-13H2,1H3,(H,20,22). The van der Waals surface area contributed by atoms with Crippen LogP contribution < -0.4 is 10.6 Å². The number of methoxy groups -OCH3 is 1. The quantitative estimate of drug-likeness (QED) is 0.886. The largest absolute Gasteiger partial charge is 0.384 e. The topological polar surface area (TPSA) is 63.2 Å². The van der Waals surface area contributed by atoms with Crippen LogP contribution in [-0.4, -0.2) is 44.2 Å². The summed E-state index contributed by atoms with van der Waals surface area (Å²) in [5, 5.41) is 7.45. The predicted octanol–water partition coefficient (Wildman–Crippen LogP) is 1.98. The number of carbonyl (C=O) groups is 1. The maximum absolute atomic E-state index is 12.4. The van der Waals surface area contributed by atoms with E-state index in [2.05, 4.69) is 15.6 Å². The highest BCUT2D eigenvalue weighted by Gasteiger charge is 2.32. The number of benzene rings is 1. The second kappa shape index (κ2) is 7.06. The van der Waals surface area contributed by atoms with Crippen molar-refractivity contribution in [3.05, 3.63) is 42.1 Å². The number of pyridine rings is 1. The lowest BCUT2D eigenvalue weighted by Crippen LogP contribution is -2.47. The zero-order valence-corrected chi connectivity index (χ0v) is 13.5. The number of piperidine rings is 1. The first-order chi connectivity index (χ1) is 11.2. The summed E-state index contributed by atoms with van der Waals surface area (Å²) in [6.45, 7) is 3.22. The summed E-state index contributed by atoms with van der Waals surface area (Å²) >= 11 is 0. The minimum Gasteiger partial charge on any atom is -0.384 e. The molecule has 23 heavy (non-hydrogen) atoms. The van der Waals surface area contributed by atoms with Crippen LogP contribution in [0.5, 0.6) is 0 Å². The Bertz CT molecular complexity index is 675. The third kappa shape index (κ3) is 3.68. The van der Waals surface area contributed by atoms with Gasteiger partial charge in [-0.3, -0.25) is 4.79 Å². The normalized spacial score (nSPS) is 17.1. The van der Waals surface area contributed by atoms with Gasteiger partial charge in [-0.2, -0.15) is 0 Å². The summed E-state index contributed by atoms with van der Waals surface area (Å²) in [4.78, 5) is 16.9. The molecule has 0 spiro atoms. The SMILES string of the molecule is COCC1(CNC(=O)c2ccc3ccccc3n2)CCNCC1. The summed E-state index contributed by atoms with van der Waals surface area (Å²) in [7, 11) is 1.72. The summed E-state index contributed by atoms with van der Waals surface area (Å²) in [5.41, 5.74) is 1.32. The molecule has 5 heteroatoms. The van der Waals surface area contributed by atoms with Crippen LogP contribution >= 0.6 is 0 Å². The minimum atomic E-state index is -0.121. The van der Waals surface area contributed by atoms with Crippen molar-refractivity contribution in [2.24, 2.45) is 5.41 Å². The van der Waals surface area contributed by atoms with Crippen LogP contribution in [0.25, 0.3) is 10.9 Å². The molecule has 0 saturated carbocycles. The molecule has 1 fully saturated rings. The van der Waals surface area contributed by atoms with E-state index in [0.29, 0.717) is 18.8 Å². The molecule has 0 radical (unpaired) electrons. The second-order valence-electron chi connectivity index (χ2n) is 6.25. The lowest BCUT2D eigenvalue weighted by atomic mass is 9.79. The highest BCUT2D eigenvalue weighted by Crippen LogP contribution is 2.28. The average Bonchev–Trinajstić information content (AvgIpc) is 2.60. The molecule has 2 N–H and O–H groups in total. The molecule has 122 valence electrons. The van der Waals surface area contributed by atoms with Crippen LogP contribution in [0.1, 0.15) is 23.3 Å². The molecular formula is C18H23N3O2. The molecular weight excluding hydrogens is 290 g/mol. The summed E-state index contributed by atoms with van der Waals surface area (Å²) in [6.07, 6.45) is 2.01. The maximum Gasteiger partial charge on any atom is 0.269 e. The van der Waals surface area contributed by atoms with Crippen LogP contribution in [0.3, 0.4) is 0 Å². The highest BCUT2D eigenvalue weighted by atomic mass is 16.5. The van der Waals surface area contributed by atoms with Gasteiger partial charge in [-0.05, 0) is 38.1 Å². The van der Waals surface area contributed by atoms with E-state index in [1.54, 1.807) is 13.2 Å². The van der Waals surface area contributed by atoms with Crippen LogP contribution in [0.4, 0.5) is 0 Å². The van der Waals surface area contributed by atoms with Crippen molar-refractivity contribution in [2.75, 3.05) is 33.4 Å². The number of nitrogens with zero attached hydrogens (tertiary/aromatic N) is 1. The zero-order chi connectivity index (χ0) is 16.1. The molecule has 1 aliphatic heterocycles. The molecule has 1 aliphatic rings. The first-order valence-electron chi connectivity index (χ1n) is 8.06. The van der Waals surface area contributed by atoms with Gasteiger partial charge in [-0.1, -0.05) is 24.3 Å². The molecule has 1 amide bonds. The molecule has 1 saturated heterocycles. The Labute approximate surface area is 136 Å². The smallest absolute Gasteiger partial charge is 0.269 e. The lowest BCUT2D eigenvalue weighted by molar-refractivity contribution is 0.0511. The predicted molar refractivity (Wildman–Crippen MR) is 90.5 cm³/mol. The second-order valence-corrected chi connectivity index (χ2v) is 6.25. The Morgan fingerprint density at radius 2 is 2.04 bits per heavy atom. The number of rotatable bonds is 5. The first kappa shape index (κ1) is 15.9. The Morgan fingerprint density at radius 3 is 2.83 bits per heavy atom. The minimum absolute atomic E-state index is 0.0203. The van der Waals surface area contributed by atoms with E-state index in [4.69, 9.17) is 4.74 Å². The number of carbonyl (C=O) groups excluding carboxylic acids is 1. The van der Waals surface area contributed by atoms with Crippen molar-refractivity contribution in [2.45, 2.75) is 12.8 Å². The van der Waals surface area contributed by atoms with Crippen molar-refractivity contribution in [3.8, 4) is 0 Å². The molecule has 0 aliphatic carbocycles. The van der Waals surface area contributed by atoms with Gasteiger partial charge in [0.15, 0.2) is 0 Å². The number of hydrogen-bond donors (Lipinski definition) is 2. The van der Waals surface area contributed by atoms with E-state index in [-0.39, 0.29) is 11.3 Å². The van der Waals surface area contributed by atoms with Gasteiger partial charge in [-0.25, -0.2) is 4.98 Å². The summed E-state index contributed by atoms with van der Waals surface area (Å²) in [5.74, 6) is -0.121. The van der Waals surface area contributed by atoms with Crippen molar-refractivity contribution in [1.29, 1.82) is 0 Å². The van der Waals surface area contributed by atoms with E-state index < -0.39 is 0 Å². The average molecular weight is 313 g/mol. The lowest BCUT2D eigenvalue weighted by Gasteiger charge is -2.37. The van der Waals surface area contributed by atoms with E-state index in [1.807, 2.05) is 30.3 Å². The number of hydrogen-bond acceptors (Lipinski definition) is 4. The number of fused-ring (bicyclic) bond motifs is 1. The first-order valence-corrected chi connectivity index (χ1v) is 8.06. The Kier molecular flexibility index (Phi) is 4.88. The molecule has 2 heterocycles. The van der Waals surface area contributed by atoms with Gasteiger partial charge >= 0.3 is 0 Å². The fraction of sp³-hybridized carbons (Fsp3) is 0.444. The van der Waals surface area contributed by atoms with Crippen LogP contribution in [-0.2, 0) is 4.74 Å². The number of amides is 1. The molecule has 5 nitrogen and oxygen atoms in total. The van der Waals surface area contributed by atoms with E-state index in [0.717, 1.165) is 36.8 Å². The highest BCUT2D eigenvalue weighted by molar-refractivity contribution is 5.94. The number of ether oxygens (including phenoxy) is 1. The van der Waals surface area contributed by atoms with E-state index in [1.165, 1.54) is 0 Å². The van der Waals surface area contributed by atoms with Gasteiger partial charge in [0.05, 0.1) is 12.1 Å². The fourth-order valence-electron chi connectivity index (χ4n) is 3.19. The van der Waals surface area contributed by atoms with Crippen molar-refractivity contribution >= 4 is 16.8 Å². The summed E-state index contributed by atoms with van der Waals surface area (Å²) in [6, 6.07) is 11.5. The maximum atomic E-state index is 12.4. The van der Waals surface area contributed by atoms with Gasteiger partial charge in [0.1, 0.15) is 5.69 Å². The third-order valence-corrected chi connectivity index (χ3v) is 4.57. The molecule has 0 atom stereocenters. The molecule has 2 aromatic rings. The molecule has 0 unspecified atom stereocenters. The van der Waals surface area contributed by atoms with Crippen molar-refractivity contribution in [1.82, 2.24) is 15.6 Å². The van der Waals surface area contributed by atoms with Gasteiger partial charge in [-0.15, -0.1) is 0 Å². The number of nitrogens with one attached hydrogen (secondary N) is 2. The fourth-order valence-corrected chi connectivity index (χ4v) is 3.19. The van der Waals surface area contributed by atoms with Gasteiger partial charge in [0.25, 0.3) is 5.91 Å². The number of aromatic nitrogens is 1. The van der Waals surface area contributed by atoms with Gasteiger partial charge in [0.2, 0.25) is 0 Å². The molecule has 3 rings (SSSR count). The number of para-hydroxylation sites is 1. The van der Waals surface area contributed by atoms with E-state index in [9.17, 15) is 4.79 Å². The van der Waals surface area contributed by atoms with Gasteiger partial charge < -0.3 is 15.4 Å². The summed E-state index contributed by atoms with van der Waals surface area (Å²) < 4.78 is 5.39. The van der Waals surface area contributed by atoms with Crippen LogP contribution in [0.2, 0.25) is 0 Å².